The van der Waals surface area contributed by atoms with Crippen LogP contribution in [0.15, 0.2) is 0 Å². The van der Waals surface area contributed by atoms with Crippen LogP contribution in [0.2, 0.25) is 0 Å². The summed E-state index contributed by atoms with van der Waals surface area (Å²) in [7, 11) is 2.38. The fraction of sp³-hybridized carbons (Fsp3) is 1.00. The van der Waals surface area contributed by atoms with Crippen molar-refractivity contribution in [2.24, 2.45) is 5.92 Å². The maximum Gasteiger partial charge on any atom is 0.0831 e. The van der Waals surface area contributed by atoms with Gasteiger partial charge in [0.2, 0.25) is 0 Å². The number of hydrogen-bond donors (Lipinski definition) is 0. The van der Waals surface area contributed by atoms with Gasteiger partial charge in [0.1, 0.15) is 0 Å². The molecule has 0 spiro atoms. The highest BCUT2D eigenvalue weighted by atomic mass is 15.4. The smallest absolute Gasteiger partial charge is 0.0831 e. The topological polar surface area (TPSA) is 0 Å². The molecule has 1 nitrogen and oxygen atoms in total. The van der Waals surface area contributed by atoms with E-state index < -0.39 is 0 Å². The average molecular weight is 142 g/mol. The molecule has 1 heterocycles. The van der Waals surface area contributed by atoms with Crippen LogP contribution in [-0.4, -0.2) is 30.7 Å². The zero-order valence-corrected chi connectivity index (χ0v) is 7.72. The van der Waals surface area contributed by atoms with E-state index in [9.17, 15) is 0 Å². The minimum Gasteiger partial charge on any atom is -0.324 e. The van der Waals surface area contributed by atoms with E-state index in [1.165, 1.54) is 24.0 Å². The first-order chi connectivity index (χ1) is 4.54. The Labute approximate surface area is 64.6 Å². The molecular formula is C9H20N+. The van der Waals surface area contributed by atoms with E-state index in [1.54, 1.807) is 0 Å². The molecule has 1 heteroatoms. The molecule has 0 N–H and O–H groups in total. The van der Waals surface area contributed by atoms with Crippen LogP contribution >= 0.6 is 0 Å². The van der Waals surface area contributed by atoms with Gasteiger partial charge in [-0.3, -0.25) is 0 Å². The van der Waals surface area contributed by atoms with Crippen molar-refractivity contribution in [1.82, 2.24) is 0 Å². The summed E-state index contributed by atoms with van der Waals surface area (Å²) in [6, 6.07) is 0.810. The lowest BCUT2D eigenvalue weighted by Gasteiger charge is -2.34. The molecule has 0 aromatic heterocycles. The number of rotatable bonds is 1. The van der Waals surface area contributed by atoms with E-state index in [0.29, 0.717) is 0 Å². The summed E-state index contributed by atoms with van der Waals surface area (Å²) >= 11 is 0. The Morgan fingerprint density at radius 3 is 2.20 bits per heavy atom. The van der Waals surface area contributed by atoms with Gasteiger partial charge in [0.05, 0.1) is 26.2 Å². The van der Waals surface area contributed by atoms with E-state index in [4.69, 9.17) is 0 Å². The summed E-state index contributed by atoms with van der Waals surface area (Å²) in [4.78, 5) is 0. The lowest BCUT2D eigenvalue weighted by atomic mass is 10.2. The Morgan fingerprint density at radius 2 is 2.00 bits per heavy atom. The average Bonchev–Trinajstić information content (AvgIpc) is 2.13. The lowest BCUT2D eigenvalue weighted by Crippen LogP contribution is -2.47. The van der Waals surface area contributed by atoms with Crippen molar-refractivity contribution < 1.29 is 4.48 Å². The van der Waals surface area contributed by atoms with Gasteiger partial charge in [-0.25, -0.2) is 0 Å². The highest BCUT2D eigenvalue weighted by molar-refractivity contribution is 4.62. The Bertz CT molecular complexity index is 120. The second kappa shape index (κ2) is 2.54. The summed E-state index contributed by atoms with van der Waals surface area (Å²) in [5.74, 6) is 0.951. The summed E-state index contributed by atoms with van der Waals surface area (Å²) < 4.78 is 1.29. The molecule has 1 saturated heterocycles. The van der Waals surface area contributed by atoms with Crippen molar-refractivity contribution in [3.8, 4) is 0 Å². The predicted octanol–water partition coefficient (Wildman–Crippen LogP) is 1.88. The van der Waals surface area contributed by atoms with Gasteiger partial charge in [0.15, 0.2) is 0 Å². The molecule has 0 bridgehead atoms. The van der Waals surface area contributed by atoms with E-state index in [-0.39, 0.29) is 0 Å². The number of hydrogen-bond acceptors (Lipinski definition) is 0. The minimum absolute atomic E-state index is 0.810. The van der Waals surface area contributed by atoms with Crippen LogP contribution in [0.25, 0.3) is 0 Å². The third-order valence-corrected chi connectivity index (χ3v) is 3.11. The molecule has 0 aliphatic carbocycles. The zero-order valence-electron chi connectivity index (χ0n) is 7.72. The first kappa shape index (κ1) is 8.06. The van der Waals surface area contributed by atoms with Crippen LogP contribution in [0, 0.1) is 5.92 Å². The van der Waals surface area contributed by atoms with E-state index >= 15 is 0 Å². The quantitative estimate of drug-likeness (QED) is 0.490. The first-order valence-corrected chi connectivity index (χ1v) is 4.39. The SMILES string of the molecule is CC1CC[N+](C)(C(C)C)C1. The minimum atomic E-state index is 0.810. The molecule has 1 rings (SSSR count). The van der Waals surface area contributed by atoms with Gasteiger partial charge in [-0.15, -0.1) is 0 Å². The van der Waals surface area contributed by atoms with Gasteiger partial charge in [0.25, 0.3) is 0 Å². The van der Waals surface area contributed by atoms with Crippen LogP contribution in [-0.2, 0) is 0 Å². The summed E-state index contributed by atoms with van der Waals surface area (Å²) in [6.45, 7) is 9.80. The lowest BCUT2D eigenvalue weighted by molar-refractivity contribution is -0.919. The van der Waals surface area contributed by atoms with Crippen molar-refractivity contribution in [2.45, 2.75) is 33.2 Å². The van der Waals surface area contributed by atoms with Gasteiger partial charge in [0, 0.05) is 12.3 Å². The Balaban J connectivity index is 2.54. The van der Waals surface area contributed by atoms with Crippen molar-refractivity contribution in [2.75, 3.05) is 20.1 Å². The predicted molar refractivity (Wildman–Crippen MR) is 44.8 cm³/mol. The highest BCUT2D eigenvalue weighted by Gasteiger charge is 2.34. The van der Waals surface area contributed by atoms with Gasteiger partial charge < -0.3 is 4.48 Å². The number of likely N-dealkylation sites (tertiary alicyclic amines) is 1. The van der Waals surface area contributed by atoms with Crippen molar-refractivity contribution in [1.29, 1.82) is 0 Å². The molecule has 0 amide bonds. The maximum absolute atomic E-state index is 2.38. The van der Waals surface area contributed by atoms with Crippen molar-refractivity contribution >= 4 is 0 Å². The molecule has 2 unspecified atom stereocenters. The molecule has 1 fully saturated rings. The van der Waals surface area contributed by atoms with Crippen LogP contribution in [0.5, 0.6) is 0 Å². The molecule has 0 saturated carbocycles. The van der Waals surface area contributed by atoms with Crippen LogP contribution in [0.4, 0.5) is 0 Å². The monoisotopic (exact) mass is 142 g/mol. The highest BCUT2D eigenvalue weighted by Crippen LogP contribution is 2.24. The third-order valence-electron chi connectivity index (χ3n) is 3.11. The van der Waals surface area contributed by atoms with Crippen molar-refractivity contribution in [3.05, 3.63) is 0 Å². The van der Waals surface area contributed by atoms with E-state index in [2.05, 4.69) is 27.8 Å². The third kappa shape index (κ3) is 1.34. The first-order valence-electron chi connectivity index (χ1n) is 4.39. The van der Waals surface area contributed by atoms with Crippen LogP contribution < -0.4 is 0 Å². The summed E-state index contributed by atoms with van der Waals surface area (Å²) in [5.41, 5.74) is 0. The van der Waals surface area contributed by atoms with Gasteiger partial charge in [-0.05, 0) is 13.8 Å². The fourth-order valence-corrected chi connectivity index (χ4v) is 1.88. The Kier molecular flexibility index (Phi) is 2.04. The number of quaternary nitrogens is 1. The van der Waals surface area contributed by atoms with Gasteiger partial charge >= 0.3 is 0 Å². The molecule has 0 aromatic carbocycles. The Morgan fingerprint density at radius 1 is 1.40 bits per heavy atom. The molecule has 2 atom stereocenters. The van der Waals surface area contributed by atoms with Gasteiger partial charge in [-0.1, -0.05) is 6.92 Å². The van der Waals surface area contributed by atoms with Crippen LogP contribution in [0.3, 0.4) is 0 Å². The number of nitrogens with zero attached hydrogens (tertiary/aromatic N) is 1. The Hall–Kier alpha value is -0.0400. The fourth-order valence-electron chi connectivity index (χ4n) is 1.88. The van der Waals surface area contributed by atoms with Crippen LogP contribution in [0.1, 0.15) is 27.2 Å². The summed E-state index contributed by atoms with van der Waals surface area (Å²) in [5, 5.41) is 0. The second-order valence-corrected chi connectivity index (χ2v) is 4.37. The zero-order chi connectivity index (χ0) is 7.78. The normalized spacial score (nSPS) is 41.1. The molecule has 10 heavy (non-hydrogen) atoms. The maximum atomic E-state index is 2.38. The molecule has 0 aromatic rings. The second-order valence-electron chi connectivity index (χ2n) is 4.37. The standard InChI is InChI=1S/C9H20N/c1-8(2)10(4)6-5-9(3)7-10/h8-9H,5-7H2,1-4H3/q+1. The molecule has 0 radical (unpaired) electrons. The molecular weight excluding hydrogens is 122 g/mol. The molecule has 1 aliphatic heterocycles. The van der Waals surface area contributed by atoms with E-state index in [1.807, 2.05) is 0 Å². The van der Waals surface area contributed by atoms with Gasteiger partial charge in [-0.2, -0.15) is 0 Å². The molecule has 1 aliphatic rings. The van der Waals surface area contributed by atoms with Crippen molar-refractivity contribution in [3.63, 3.8) is 0 Å². The van der Waals surface area contributed by atoms with E-state index in [0.717, 1.165) is 12.0 Å². The largest absolute Gasteiger partial charge is 0.324 e. The summed E-state index contributed by atoms with van der Waals surface area (Å²) in [6.07, 6.45) is 1.43. The molecule has 60 valence electrons.